The first-order valence-electron chi connectivity index (χ1n) is 6.97. The first-order chi connectivity index (χ1) is 9.72. The Bertz CT molecular complexity index is 507. The van der Waals surface area contributed by atoms with Gasteiger partial charge in [0.1, 0.15) is 5.82 Å². The third-order valence-corrected chi connectivity index (χ3v) is 3.52. The van der Waals surface area contributed by atoms with Gasteiger partial charge in [-0.25, -0.2) is 4.39 Å². The average Bonchev–Trinajstić information content (AvgIpc) is 2.85. The Balaban J connectivity index is 2.10. The van der Waals surface area contributed by atoms with Crippen LogP contribution in [0.1, 0.15) is 30.4 Å². The maximum absolute atomic E-state index is 13.6. The van der Waals surface area contributed by atoms with Gasteiger partial charge in [0.05, 0.1) is 13.2 Å². The molecule has 4 heteroatoms. The standard InChI is InChI=1S/C16H20FNO2/c17-15-9-13(4-1-2-7-19)8-14(10-15)11-18-6-3-5-16(18)12-20/h8-10,16,19-20H,2-3,5-7,11-12H2. The first kappa shape index (κ1) is 15.0. The van der Waals surface area contributed by atoms with Gasteiger partial charge in [-0.1, -0.05) is 11.8 Å². The summed E-state index contributed by atoms with van der Waals surface area (Å²) in [5.74, 6) is 5.36. The molecule has 1 fully saturated rings. The van der Waals surface area contributed by atoms with Gasteiger partial charge in [0.2, 0.25) is 0 Å². The van der Waals surface area contributed by atoms with Crippen molar-refractivity contribution >= 4 is 0 Å². The SMILES string of the molecule is OCCC#Cc1cc(F)cc(CN2CCCC2CO)c1. The van der Waals surface area contributed by atoms with Crippen molar-refractivity contribution in [2.45, 2.75) is 31.8 Å². The molecule has 1 unspecified atom stereocenters. The Hall–Kier alpha value is -1.41. The van der Waals surface area contributed by atoms with Crippen LogP contribution in [0.25, 0.3) is 0 Å². The van der Waals surface area contributed by atoms with Gasteiger partial charge in [0.25, 0.3) is 0 Å². The van der Waals surface area contributed by atoms with E-state index in [-0.39, 0.29) is 25.1 Å². The topological polar surface area (TPSA) is 43.7 Å². The van der Waals surface area contributed by atoms with Crippen LogP contribution in [-0.4, -0.2) is 40.9 Å². The molecule has 0 amide bonds. The van der Waals surface area contributed by atoms with Gasteiger partial charge in [-0.15, -0.1) is 0 Å². The highest BCUT2D eigenvalue weighted by molar-refractivity contribution is 5.37. The van der Waals surface area contributed by atoms with Crippen molar-refractivity contribution in [1.29, 1.82) is 0 Å². The van der Waals surface area contributed by atoms with Crippen LogP contribution in [0.3, 0.4) is 0 Å². The molecule has 1 saturated heterocycles. The number of hydrogen-bond acceptors (Lipinski definition) is 3. The normalized spacial score (nSPS) is 18.9. The summed E-state index contributed by atoms with van der Waals surface area (Å²) >= 11 is 0. The van der Waals surface area contributed by atoms with Crippen molar-refractivity contribution in [3.05, 3.63) is 35.1 Å². The summed E-state index contributed by atoms with van der Waals surface area (Å²) in [6.07, 6.45) is 2.46. The summed E-state index contributed by atoms with van der Waals surface area (Å²) in [4.78, 5) is 2.18. The zero-order chi connectivity index (χ0) is 14.4. The number of rotatable bonds is 4. The molecule has 0 spiro atoms. The van der Waals surface area contributed by atoms with Crippen molar-refractivity contribution in [2.24, 2.45) is 0 Å². The van der Waals surface area contributed by atoms with Crippen LogP contribution >= 0.6 is 0 Å². The van der Waals surface area contributed by atoms with Crippen molar-refractivity contribution in [3.8, 4) is 11.8 Å². The molecule has 1 aromatic carbocycles. The van der Waals surface area contributed by atoms with E-state index >= 15 is 0 Å². The molecule has 0 saturated carbocycles. The minimum absolute atomic E-state index is 0.0150. The Morgan fingerprint density at radius 3 is 2.90 bits per heavy atom. The molecule has 1 aliphatic rings. The second kappa shape index (κ2) is 7.39. The molecule has 1 heterocycles. The number of hydrogen-bond donors (Lipinski definition) is 2. The van der Waals surface area contributed by atoms with E-state index in [2.05, 4.69) is 16.7 Å². The molecule has 1 aromatic rings. The molecular weight excluding hydrogens is 257 g/mol. The fourth-order valence-corrected chi connectivity index (χ4v) is 2.58. The average molecular weight is 277 g/mol. The van der Waals surface area contributed by atoms with E-state index in [0.29, 0.717) is 18.5 Å². The number of nitrogens with zero attached hydrogens (tertiary/aromatic N) is 1. The Morgan fingerprint density at radius 2 is 2.15 bits per heavy atom. The van der Waals surface area contributed by atoms with E-state index in [4.69, 9.17) is 5.11 Å². The predicted octanol–water partition coefficient (Wildman–Crippen LogP) is 1.52. The molecule has 1 atom stereocenters. The Labute approximate surface area is 119 Å². The molecule has 1 aliphatic heterocycles. The van der Waals surface area contributed by atoms with E-state index in [1.165, 1.54) is 12.1 Å². The van der Waals surface area contributed by atoms with Gasteiger partial charge in [0, 0.05) is 24.6 Å². The fraction of sp³-hybridized carbons (Fsp3) is 0.500. The van der Waals surface area contributed by atoms with Crippen LogP contribution in [0, 0.1) is 17.7 Å². The van der Waals surface area contributed by atoms with Crippen LogP contribution in [-0.2, 0) is 6.54 Å². The maximum atomic E-state index is 13.6. The molecule has 0 aromatic heterocycles. The number of halogens is 1. The molecule has 0 bridgehead atoms. The summed E-state index contributed by atoms with van der Waals surface area (Å²) < 4.78 is 13.6. The molecule has 2 N–H and O–H groups in total. The lowest BCUT2D eigenvalue weighted by Crippen LogP contribution is -2.31. The quantitative estimate of drug-likeness (QED) is 0.820. The number of aliphatic hydroxyl groups excluding tert-OH is 2. The fourth-order valence-electron chi connectivity index (χ4n) is 2.58. The van der Waals surface area contributed by atoms with Crippen LogP contribution in [0.4, 0.5) is 4.39 Å². The zero-order valence-electron chi connectivity index (χ0n) is 11.5. The smallest absolute Gasteiger partial charge is 0.124 e. The second-order valence-corrected chi connectivity index (χ2v) is 5.07. The van der Waals surface area contributed by atoms with E-state index in [1.807, 2.05) is 6.07 Å². The van der Waals surface area contributed by atoms with Crippen LogP contribution in [0.15, 0.2) is 18.2 Å². The molecule has 3 nitrogen and oxygen atoms in total. The minimum atomic E-state index is -0.296. The zero-order valence-corrected chi connectivity index (χ0v) is 11.5. The van der Waals surface area contributed by atoms with Crippen molar-refractivity contribution < 1.29 is 14.6 Å². The number of aliphatic hydroxyl groups is 2. The highest BCUT2D eigenvalue weighted by atomic mass is 19.1. The highest BCUT2D eigenvalue weighted by Gasteiger charge is 2.23. The van der Waals surface area contributed by atoms with Crippen LogP contribution in [0.2, 0.25) is 0 Å². The van der Waals surface area contributed by atoms with Gasteiger partial charge in [-0.05, 0) is 43.1 Å². The van der Waals surface area contributed by atoms with Gasteiger partial charge in [-0.2, -0.15) is 0 Å². The predicted molar refractivity (Wildman–Crippen MR) is 75.5 cm³/mol. The monoisotopic (exact) mass is 277 g/mol. The third kappa shape index (κ3) is 4.04. The number of benzene rings is 1. The van der Waals surface area contributed by atoms with Crippen molar-refractivity contribution in [3.63, 3.8) is 0 Å². The van der Waals surface area contributed by atoms with Crippen LogP contribution in [0.5, 0.6) is 0 Å². The lowest BCUT2D eigenvalue weighted by atomic mass is 10.1. The maximum Gasteiger partial charge on any atom is 0.124 e. The summed E-state index contributed by atoms with van der Waals surface area (Å²) in [5.41, 5.74) is 1.51. The lowest BCUT2D eigenvalue weighted by molar-refractivity contribution is 0.153. The second-order valence-electron chi connectivity index (χ2n) is 5.07. The summed E-state index contributed by atoms with van der Waals surface area (Å²) in [6.45, 7) is 1.74. The molecular formula is C16H20FNO2. The lowest BCUT2D eigenvalue weighted by Gasteiger charge is -2.22. The van der Waals surface area contributed by atoms with E-state index in [0.717, 1.165) is 24.9 Å². The van der Waals surface area contributed by atoms with E-state index in [9.17, 15) is 9.50 Å². The minimum Gasteiger partial charge on any atom is -0.395 e. The number of likely N-dealkylation sites (tertiary alicyclic amines) is 1. The van der Waals surface area contributed by atoms with Crippen LogP contribution < -0.4 is 0 Å². The van der Waals surface area contributed by atoms with E-state index < -0.39 is 0 Å². The largest absolute Gasteiger partial charge is 0.395 e. The summed E-state index contributed by atoms with van der Waals surface area (Å²) in [5, 5.41) is 18.0. The van der Waals surface area contributed by atoms with Gasteiger partial charge < -0.3 is 10.2 Å². The van der Waals surface area contributed by atoms with Gasteiger partial charge in [0.15, 0.2) is 0 Å². The van der Waals surface area contributed by atoms with Gasteiger partial charge >= 0.3 is 0 Å². The highest BCUT2D eigenvalue weighted by Crippen LogP contribution is 2.20. The summed E-state index contributed by atoms with van der Waals surface area (Å²) in [6, 6.07) is 4.98. The van der Waals surface area contributed by atoms with Gasteiger partial charge in [-0.3, -0.25) is 4.90 Å². The first-order valence-corrected chi connectivity index (χ1v) is 6.97. The molecule has 20 heavy (non-hydrogen) atoms. The molecule has 108 valence electrons. The summed E-state index contributed by atoms with van der Waals surface area (Å²) in [7, 11) is 0. The van der Waals surface area contributed by atoms with Crippen molar-refractivity contribution in [1.82, 2.24) is 4.90 Å². The Morgan fingerprint density at radius 1 is 1.30 bits per heavy atom. The van der Waals surface area contributed by atoms with E-state index in [1.54, 1.807) is 0 Å². The Kier molecular flexibility index (Phi) is 5.54. The third-order valence-electron chi connectivity index (χ3n) is 3.52. The van der Waals surface area contributed by atoms with Crippen molar-refractivity contribution in [2.75, 3.05) is 19.8 Å². The molecule has 0 radical (unpaired) electrons. The molecule has 0 aliphatic carbocycles. The molecule has 2 rings (SSSR count).